The zero-order valence-electron chi connectivity index (χ0n) is 21.4. The molecule has 0 aliphatic carbocycles. The van der Waals surface area contributed by atoms with Crippen molar-refractivity contribution >= 4 is 11.0 Å². The number of rotatable bonds is 4. The number of hydrogen-bond acceptors (Lipinski definition) is 7. The second-order valence-electron chi connectivity index (χ2n) is 9.77. The van der Waals surface area contributed by atoms with E-state index in [-0.39, 0.29) is 34.2 Å². The van der Waals surface area contributed by atoms with E-state index in [1.807, 2.05) is 19.1 Å². The molecule has 1 unspecified atom stereocenters. The van der Waals surface area contributed by atoms with Crippen LogP contribution in [0.15, 0.2) is 82.0 Å². The minimum atomic E-state index is -0.236. The fourth-order valence-electron chi connectivity index (χ4n) is 5.23. The van der Waals surface area contributed by atoms with E-state index in [1.54, 1.807) is 55.6 Å². The van der Waals surface area contributed by atoms with Crippen LogP contribution in [-0.4, -0.2) is 29.0 Å². The Morgan fingerprint density at radius 2 is 1.64 bits per heavy atom. The van der Waals surface area contributed by atoms with Crippen molar-refractivity contribution in [2.24, 2.45) is 0 Å². The summed E-state index contributed by atoms with van der Waals surface area (Å²) >= 11 is 0. The first-order valence-corrected chi connectivity index (χ1v) is 12.5. The molecule has 4 aromatic carbocycles. The van der Waals surface area contributed by atoms with Gasteiger partial charge in [-0.3, -0.25) is 4.79 Å². The van der Waals surface area contributed by atoms with Crippen LogP contribution in [0.1, 0.15) is 22.6 Å². The standard InChI is InChI=1S/C32H26O7/c1-17-11-27(35)26(20-12-19-3-6-21(33)13-28(19)38-16-20)15-25(17)32-30(18-4-8-23(37-2)9-5-18)31(36)24-10-7-22(34)14-29(24)39-32/h3-11,13-15,20,33-35H,12,16H2,1-2H3. The van der Waals surface area contributed by atoms with Gasteiger partial charge in [0.2, 0.25) is 5.43 Å². The van der Waals surface area contributed by atoms with Gasteiger partial charge in [-0.25, -0.2) is 0 Å². The molecule has 5 aromatic rings. The maximum atomic E-state index is 13.9. The van der Waals surface area contributed by atoms with E-state index in [9.17, 15) is 20.1 Å². The predicted molar refractivity (Wildman–Crippen MR) is 148 cm³/mol. The lowest BCUT2D eigenvalue weighted by molar-refractivity contribution is 0.258. The summed E-state index contributed by atoms with van der Waals surface area (Å²) in [6, 6.07) is 20.2. The van der Waals surface area contributed by atoms with Gasteiger partial charge in [-0.1, -0.05) is 18.2 Å². The van der Waals surface area contributed by atoms with E-state index in [4.69, 9.17) is 13.9 Å². The predicted octanol–water partition coefficient (Wildman–Crippen LogP) is 6.28. The largest absolute Gasteiger partial charge is 0.508 e. The normalized spacial score (nSPS) is 14.6. The van der Waals surface area contributed by atoms with Crippen molar-refractivity contribution in [3.8, 4) is 51.2 Å². The molecular weight excluding hydrogens is 496 g/mol. The van der Waals surface area contributed by atoms with Gasteiger partial charge in [0.15, 0.2) is 0 Å². The number of fused-ring (bicyclic) bond motifs is 2. The summed E-state index contributed by atoms with van der Waals surface area (Å²) in [5, 5.41) is 31.2. The summed E-state index contributed by atoms with van der Waals surface area (Å²) in [5.74, 6) is 1.70. The number of phenolic OH excluding ortho intramolecular Hbond substituents is 3. The number of hydrogen-bond donors (Lipinski definition) is 3. The van der Waals surface area contributed by atoms with Crippen LogP contribution < -0.4 is 14.9 Å². The molecule has 7 nitrogen and oxygen atoms in total. The minimum Gasteiger partial charge on any atom is -0.508 e. The van der Waals surface area contributed by atoms with Gasteiger partial charge in [0, 0.05) is 29.2 Å². The Bertz CT molecular complexity index is 1780. The number of benzene rings is 4. The van der Waals surface area contributed by atoms with Crippen LogP contribution in [0.5, 0.6) is 28.7 Å². The number of aryl methyl sites for hydroxylation is 1. The molecule has 2 heterocycles. The number of phenols is 3. The van der Waals surface area contributed by atoms with E-state index in [0.29, 0.717) is 57.9 Å². The van der Waals surface area contributed by atoms with Crippen LogP contribution in [0.2, 0.25) is 0 Å². The SMILES string of the molecule is COc1ccc(-c2c(-c3cc(C4COc5cc(O)ccc5C4)c(O)cc3C)oc3cc(O)ccc3c2=O)cc1. The summed E-state index contributed by atoms with van der Waals surface area (Å²) < 4.78 is 17.6. The first kappa shape index (κ1) is 24.4. The molecule has 0 saturated heterocycles. The molecule has 1 aliphatic heterocycles. The summed E-state index contributed by atoms with van der Waals surface area (Å²) in [7, 11) is 1.58. The fourth-order valence-corrected chi connectivity index (χ4v) is 5.23. The molecule has 1 atom stereocenters. The van der Waals surface area contributed by atoms with Crippen molar-refractivity contribution in [3.63, 3.8) is 0 Å². The Morgan fingerprint density at radius 3 is 2.41 bits per heavy atom. The maximum absolute atomic E-state index is 13.9. The molecule has 7 heteroatoms. The zero-order valence-corrected chi connectivity index (χ0v) is 21.4. The average Bonchev–Trinajstić information content (AvgIpc) is 2.93. The number of ether oxygens (including phenoxy) is 2. The summed E-state index contributed by atoms with van der Waals surface area (Å²) in [6.07, 6.45) is 0.604. The monoisotopic (exact) mass is 522 g/mol. The molecule has 3 N–H and O–H groups in total. The van der Waals surface area contributed by atoms with Gasteiger partial charge in [-0.15, -0.1) is 0 Å². The van der Waals surface area contributed by atoms with Gasteiger partial charge < -0.3 is 29.2 Å². The fraction of sp³-hybridized carbons (Fsp3) is 0.156. The van der Waals surface area contributed by atoms with Crippen LogP contribution in [0.4, 0.5) is 0 Å². The second-order valence-corrected chi connectivity index (χ2v) is 9.77. The van der Waals surface area contributed by atoms with Gasteiger partial charge in [-0.2, -0.15) is 0 Å². The molecule has 0 fully saturated rings. The molecule has 0 saturated carbocycles. The number of methoxy groups -OCH3 is 1. The smallest absolute Gasteiger partial charge is 0.201 e. The molecule has 6 rings (SSSR count). The van der Waals surface area contributed by atoms with Crippen LogP contribution >= 0.6 is 0 Å². The van der Waals surface area contributed by atoms with E-state index >= 15 is 0 Å². The quantitative estimate of drug-likeness (QED) is 0.255. The van der Waals surface area contributed by atoms with Crippen molar-refractivity contribution < 1.29 is 29.2 Å². The molecule has 1 aliphatic rings. The first-order valence-electron chi connectivity index (χ1n) is 12.5. The van der Waals surface area contributed by atoms with Crippen molar-refractivity contribution in [1.82, 2.24) is 0 Å². The van der Waals surface area contributed by atoms with Gasteiger partial charge in [-0.05, 0) is 72.5 Å². The molecule has 0 spiro atoms. The summed E-state index contributed by atoms with van der Waals surface area (Å²) in [5.41, 5.74) is 4.00. The Kier molecular flexibility index (Phi) is 5.91. The third-order valence-corrected chi connectivity index (χ3v) is 7.27. The molecule has 0 amide bonds. The Hall–Kier alpha value is -4.91. The molecule has 0 radical (unpaired) electrons. The molecule has 196 valence electrons. The summed E-state index contributed by atoms with van der Waals surface area (Å²) in [6.45, 7) is 2.16. The Labute approximate surface area is 224 Å². The Balaban J connectivity index is 1.55. The van der Waals surface area contributed by atoms with Crippen LogP contribution in [0.25, 0.3) is 33.4 Å². The van der Waals surface area contributed by atoms with E-state index < -0.39 is 0 Å². The van der Waals surface area contributed by atoms with Gasteiger partial charge in [0.05, 0.1) is 24.7 Å². The zero-order chi connectivity index (χ0) is 27.3. The molecule has 39 heavy (non-hydrogen) atoms. The maximum Gasteiger partial charge on any atom is 0.201 e. The van der Waals surface area contributed by atoms with Crippen molar-refractivity contribution in [3.05, 3.63) is 99.7 Å². The third-order valence-electron chi connectivity index (χ3n) is 7.27. The van der Waals surface area contributed by atoms with Crippen LogP contribution in [0, 0.1) is 6.92 Å². The number of aromatic hydroxyl groups is 3. The Morgan fingerprint density at radius 1 is 0.897 bits per heavy atom. The van der Waals surface area contributed by atoms with E-state index in [1.165, 1.54) is 12.1 Å². The lowest BCUT2D eigenvalue weighted by Crippen LogP contribution is -2.19. The van der Waals surface area contributed by atoms with Crippen molar-refractivity contribution in [1.29, 1.82) is 0 Å². The highest BCUT2D eigenvalue weighted by atomic mass is 16.5. The topological polar surface area (TPSA) is 109 Å². The minimum absolute atomic E-state index is 0.0130. The summed E-state index contributed by atoms with van der Waals surface area (Å²) in [4.78, 5) is 13.9. The molecule has 0 bridgehead atoms. The van der Waals surface area contributed by atoms with Crippen molar-refractivity contribution in [2.45, 2.75) is 19.3 Å². The lowest BCUT2D eigenvalue weighted by atomic mass is 9.86. The third kappa shape index (κ3) is 4.32. The van der Waals surface area contributed by atoms with Gasteiger partial charge >= 0.3 is 0 Å². The van der Waals surface area contributed by atoms with E-state index in [2.05, 4.69) is 0 Å². The average molecular weight is 523 g/mol. The van der Waals surface area contributed by atoms with Crippen LogP contribution in [-0.2, 0) is 6.42 Å². The highest BCUT2D eigenvalue weighted by Crippen LogP contribution is 2.42. The van der Waals surface area contributed by atoms with Crippen LogP contribution in [0.3, 0.4) is 0 Å². The van der Waals surface area contributed by atoms with Gasteiger partial charge in [0.25, 0.3) is 0 Å². The second kappa shape index (κ2) is 9.44. The molecular formula is C32H26O7. The van der Waals surface area contributed by atoms with E-state index in [0.717, 1.165) is 11.1 Å². The highest BCUT2D eigenvalue weighted by molar-refractivity contribution is 5.90. The molecule has 1 aromatic heterocycles. The first-order chi connectivity index (χ1) is 18.8. The van der Waals surface area contributed by atoms with Gasteiger partial charge in [0.1, 0.15) is 40.1 Å². The highest BCUT2D eigenvalue weighted by Gasteiger charge is 2.27. The van der Waals surface area contributed by atoms with Crippen molar-refractivity contribution in [2.75, 3.05) is 13.7 Å². The lowest BCUT2D eigenvalue weighted by Gasteiger charge is -2.27.